The van der Waals surface area contributed by atoms with E-state index in [2.05, 4.69) is 0 Å². The van der Waals surface area contributed by atoms with E-state index >= 15 is 0 Å². The van der Waals surface area contributed by atoms with Crippen molar-refractivity contribution >= 4 is 6.09 Å². The Hall–Kier alpha value is -2.36. The molecule has 21 heavy (non-hydrogen) atoms. The van der Waals surface area contributed by atoms with Crippen LogP contribution >= 0.6 is 0 Å². The molecule has 0 bridgehead atoms. The molecule has 4 heteroatoms. The van der Waals surface area contributed by atoms with Crippen molar-refractivity contribution in [2.75, 3.05) is 6.54 Å². The maximum Gasteiger partial charge on any atom is 0.410 e. The van der Waals surface area contributed by atoms with Gasteiger partial charge in [0.25, 0.3) is 0 Å². The number of hydrogen-bond acceptors (Lipinski definition) is 2. The highest BCUT2D eigenvalue weighted by atomic mass is 19.1. The summed E-state index contributed by atoms with van der Waals surface area (Å²) in [6, 6.07) is 14.3. The average Bonchev–Trinajstić information content (AvgIpc) is 2.79. The zero-order valence-corrected chi connectivity index (χ0v) is 11.8. The molecule has 3 rings (SSSR count). The van der Waals surface area contributed by atoms with Gasteiger partial charge in [-0.05, 0) is 35.7 Å². The number of carbonyl (C=O) groups excluding carboxylic acids is 1. The van der Waals surface area contributed by atoms with Crippen molar-refractivity contribution in [3.8, 4) is 11.1 Å². The standard InChI is InChI=1S/C17H16FNO2/c1-12-10-19(17(20)21-12)11-13-2-4-14(5-3-13)15-6-8-16(18)9-7-15/h2-9,12H,10-11H2,1H3/t12-/m1/s1. The van der Waals surface area contributed by atoms with E-state index in [1.54, 1.807) is 17.0 Å². The maximum absolute atomic E-state index is 12.9. The van der Waals surface area contributed by atoms with Crippen molar-refractivity contribution in [3.63, 3.8) is 0 Å². The molecule has 1 heterocycles. The lowest BCUT2D eigenvalue weighted by molar-refractivity contribution is 0.137. The molecule has 108 valence electrons. The largest absolute Gasteiger partial charge is 0.444 e. The molecule has 1 amide bonds. The van der Waals surface area contributed by atoms with Crippen LogP contribution in [0.5, 0.6) is 0 Å². The van der Waals surface area contributed by atoms with Gasteiger partial charge >= 0.3 is 6.09 Å². The number of benzene rings is 2. The van der Waals surface area contributed by atoms with E-state index in [4.69, 9.17) is 4.74 Å². The fraction of sp³-hybridized carbons (Fsp3) is 0.235. The molecule has 1 aliphatic heterocycles. The van der Waals surface area contributed by atoms with Crippen molar-refractivity contribution in [1.29, 1.82) is 0 Å². The third-order valence-electron chi connectivity index (χ3n) is 3.54. The molecule has 1 fully saturated rings. The lowest BCUT2D eigenvalue weighted by Gasteiger charge is -2.13. The fourth-order valence-corrected chi connectivity index (χ4v) is 2.46. The van der Waals surface area contributed by atoms with Crippen LogP contribution in [0.3, 0.4) is 0 Å². The maximum atomic E-state index is 12.9. The van der Waals surface area contributed by atoms with Gasteiger partial charge in [-0.25, -0.2) is 9.18 Å². The Morgan fingerprint density at radius 1 is 1.10 bits per heavy atom. The Balaban J connectivity index is 1.72. The van der Waals surface area contributed by atoms with Gasteiger partial charge in [0.05, 0.1) is 6.54 Å². The lowest BCUT2D eigenvalue weighted by atomic mass is 10.0. The Morgan fingerprint density at radius 2 is 1.67 bits per heavy atom. The number of halogens is 1. The van der Waals surface area contributed by atoms with Gasteiger partial charge in [-0.15, -0.1) is 0 Å². The molecule has 1 aliphatic rings. The summed E-state index contributed by atoms with van der Waals surface area (Å²) in [6.07, 6.45) is -0.305. The first-order valence-electron chi connectivity index (χ1n) is 6.92. The topological polar surface area (TPSA) is 29.5 Å². The third-order valence-corrected chi connectivity index (χ3v) is 3.54. The molecule has 2 aromatic carbocycles. The number of ether oxygens (including phenoxy) is 1. The predicted molar refractivity (Wildman–Crippen MR) is 78.2 cm³/mol. The first-order valence-corrected chi connectivity index (χ1v) is 6.92. The molecular weight excluding hydrogens is 269 g/mol. The minimum atomic E-state index is -0.259. The van der Waals surface area contributed by atoms with E-state index in [0.717, 1.165) is 16.7 Å². The molecular formula is C17H16FNO2. The van der Waals surface area contributed by atoms with E-state index in [1.807, 2.05) is 31.2 Å². The van der Waals surface area contributed by atoms with Gasteiger partial charge in [0.1, 0.15) is 11.9 Å². The summed E-state index contributed by atoms with van der Waals surface area (Å²) >= 11 is 0. The van der Waals surface area contributed by atoms with Gasteiger partial charge < -0.3 is 9.64 Å². The van der Waals surface area contributed by atoms with Crippen molar-refractivity contribution in [3.05, 3.63) is 59.9 Å². The number of carbonyl (C=O) groups is 1. The Morgan fingerprint density at radius 3 is 2.19 bits per heavy atom. The first-order chi connectivity index (χ1) is 10.1. The van der Waals surface area contributed by atoms with E-state index in [-0.39, 0.29) is 18.0 Å². The predicted octanol–water partition coefficient (Wildman–Crippen LogP) is 3.83. The Kier molecular flexibility index (Phi) is 3.60. The van der Waals surface area contributed by atoms with Crippen molar-refractivity contribution < 1.29 is 13.9 Å². The number of amides is 1. The van der Waals surface area contributed by atoms with Crippen molar-refractivity contribution in [2.45, 2.75) is 19.6 Å². The van der Waals surface area contributed by atoms with Crippen LogP contribution in [0.15, 0.2) is 48.5 Å². The van der Waals surface area contributed by atoms with Crippen LogP contribution in [-0.4, -0.2) is 23.6 Å². The van der Waals surface area contributed by atoms with Crippen LogP contribution in [0.4, 0.5) is 9.18 Å². The molecule has 0 spiro atoms. The van der Waals surface area contributed by atoms with Crippen molar-refractivity contribution in [1.82, 2.24) is 4.90 Å². The SMILES string of the molecule is C[C@@H]1CN(Cc2ccc(-c3ccc(F)cc3)cc2)C(=O)O1. The highest BCUT2D eigenvalue weighted by molar-refractivity contribution is 5.70. The van der Waals surface area contributed by atoms with Gasteiger partial charge in [0, 0.05) is 6.54 Å². The molecule has 1 saturated heterocycles. The van der Waals surface area contributed by atoms with Crippen LogP contribution in [0, 0.1) is 5.82 Å². The molecule has 0 aromatic heterocycles. The molecule has 0 aliphatic carbocycles. The zero-order chi connectivity index (χ0) is 14.8. The molecule has 0 saturated carbocycles. The second kappa shape index (κ2) is 5.56. The highest BCUT2D eigenvalue weighted by Crippen LogP contribution is 2.21. The van der Waals surface area contributed by atoms with E-state index < -0.39 is 0 Å². The number of rotatable bonds is 3. The van der Waals surface area contributed by atoms with E-state index in [1.165, 1.54) is 12.1 Å². The quantitative estimate of drug-likeness (QED) is 0.857. The van der Waals surface area contributed by atoms with Crippen molar-refractivity contribution in [2.24, 2.45) is 0 Å². The summed E-state index contributed by atoms with van der Waals surface area (Å²) in [5.74, 6) is -0.239. The second-order valence-corrected chi connectivity index (χ2v) is 5.28. The van der Waals surface area contributed by atoms with Gasteiger partial charge in [-0.1, -0.05) is 36.4 Å². The van der Waals surface area contributed by atoms with Crippen LogP contribution in [0.25, 0.3) is 11.1 Å². The minimum absolute atomic E-state index is 0.0454. The monoisotopic (exact) mass is 285 g/mol. The van der Waals surface area contributed by atoms with Gasteiger partial charge in [0.2, 0.25) is 0 Å². The summed E-state index contributed by atoms with van der Waals surface area (Å²) < 4.78 is 18.0. The summed E-state index contributed by atoms with van der Waals surface area (Å²) in [4.78, 5) is 13.3. The van der Waals surface area contributed by atoms with Gasteiger partial charge in [-0.3, -0.25) is 0 Å². The molecule has 3 nitrogen and oxygen atoms in total. The average molecular weight is 285 g/mol. The fourth-order valence-electron chi connectivity index (χ4n) is 2.46. The number of nitrogens with zero attached hydrogens (tertiary/aromatic N) is 1. The van der Waals surface area contributed by atoms with Crippen LogP contribution in [0.1, 0.15) is 12.5 Å². The smallest absolute Gasteiger partial charge is 0.410 e. The summed E-state index contributed by atoms with van der Waals surface area (Å²) in [7, 11) is 0. The minimum Gasteiger partial charge on any atom is -0.444 e. The third kappa shape index (κ3) is 3.05. The summed E-state index contributed by atoms with van der Waals surface area (Å²) in [6.45, 7) is 3.06. The Bertz CT molecular complexity index is 637. The molecule has 0 unspecified atom stereocenters. The molecule has 1 atom stereocenters. The lowest BCUT2D eigenvalue weighted by Crippen LogP contribution is -2.24. The van der Waals surface area contributed by atoms with E-state index in [9.17, 15) is 9.18 Å². The van der Waals surface area contributed by atoms with Crippen LogP contribution < -0.4 is 0 Å². The summed E-state index contributed by atoms with van der Waals surface area (Å²) in [5.41, 5.74) is 3.04. The molecule has 2 aromatic rings. The zero-order valence-electron chi connectivity index (χ0n) is 11.8. The number of cyclic esters (lactones) is 1. The second-order valence-electron chi connectivity index (χ2n) is 5.28. The van der Waals surface area contributed by atoms with Crippen LogP contribution in [0.2, 0.25) is 0 Å². The first kappa shape index (κ1) is 13.6. The Labute approximate surface area is 123 Å². The van der Waals surface area contributed by atoms with E-state index in [0.29, 0.717) is 13.1 Å². The van der Waals surface area contributed by atoms with Gasteiger partial charge in [-0.2, -0.15) is 0 Å². The van der Waals surface area contributed by atoms with Gasteiger partial charge in [0.15, 0.2) is 0 Å². The molecule has 0 N–H and O–H groups in total. The van der Waals surface area contributed by atoms with Crippen LogP contribution in [-0.2, 0) is 11.3 Å². The number of hydrogen-bond donors (Lipinski definition) is 0. The molecule has 0 radical (unpaired) electrons. The summed E-state index contributed by atoms with van der Waals surface area (Å²) in [5, 5.41) is 0. The highest BCUT2D eigenvalue weighted by Gasteiger charge is 2.27. The normalized spacial score (nSPS) is 17.9.